The molecule has 5 nitrogen and oxygen atoms in total. The smallest absolute Gasteiger partial charge is 0.258 e. The highest BCUT2D eigenvalue weighted by Crippen LogP contribution is 2.24. The fraction of sp³-hybridized carbons (Fsp3) is 0.389. The zero-order valence-corrected chi connectivity index (χ0v) is 15.5. The molecule has 1 aliphatic heterocycles. The summed E-state index contributed by atoms with van der Waals surface area (Å²) in [5.74, 6) is 1.26. The number of aromatic nitrogens is 2. The first-order valence-electron chi connectivity index (χ1n) is 8.17. The van der Waals surface area contributed by atoms with E-state index in [0.717, 1.165) is 47.6 Å². The predicted molar refractivity (Wildman–Crippen MR) is 99.5 cm³/mol. The van der Waals surface area contributed by atoms with Gasteiger partial charge in [0.25, 0.3) is 5.91 Å². The predicted octanol–water partition coefficient (Wildman–Crippen LogP) is 4.04. The lowest BCUT2D eigenvalue weighted by Gasteiger charge is -2.30. The lowest BCUT2D eigenvalue weighted by Crippen LogP contribution is -2.34. The van der Waals surface area contributed by atoms with Crippen molar-refractivity contribution in [3.05, 3.63) is 46.2 Å². The Balaban J connectivity index is 1.67. The zero-order chi connectivity index (χ0) is 17.1. The van der Waals surface area contributed by atoms with Gasteiger partial charge in [-0.05, 0) is 59.3 Å². The van der Waals surface area contributed by atoms with E-state index >= 15 is 0 Å². The summed E-state index contributed by atoms with van der Waals surface area (Å²) in [5, 5.41) is 2.88. The molecule has 1 amide bonds. The molecule has 3 rings (SSSR count). The zero-order valence-electron chi connectivity index (χ0n) is 13.9. The quantitative estimate of drug-likeness (QED) is 0.861. The van der Waals surface area contributed by atoms with E-state index in [9.17, 15) is 4.79 Å². The molecule has 0 saturated carbocycles. The molecule has 6 heteroatoms. The normalized spacial score (nSPS) is 15.4. The topological polar surface area (TPSA) is 58.1 Å². The van der Waals surface area contributed by atoms with Gasteiger partial charge in [-0.15, -0.1) is 0 Å². The van der Waals surface area contributed by atoms with Crippen molar-refractivity contribution in [3.8, 4) is 0 Å². The van der Waals surface area contributed by atoms with Gasteiger partial charge in [-0.25, -0.2) is 9.97 Å². The standard InChI is InChI=1S/C18H21BrN4O/c1-12-5-7-23(8-6-12)18-20-10-14(11-21-18)17(24)22-16-4-3-13(2)9-15(16)19/h3-4,9-12H,5-8H2,1-2H3,(H,22,24). The highest BCUT2D eigenvalue weighted by atomic mass is 79.9. The van der Waals surface area contributed by atoms with Gasteiger partial charge in [-0.1, -0.05) is 13.0 Å². The molecule has 1 saturated heterocycles. The number of carbonyl (C=O) groups excluding carboxylic acids is 1. The summed E-state index contributed by atoms with van der Waals surface area (Å²) in [4.78, 5) is 23.3. The minimum atomic E-state index is -0.210. The van der Waals surface area contributed by atoms with Gasteiger partial charge in [0.2, 0.25) is 5.95 Å². The van der Waals surface area contributed by atoms with Gasteiger partial charge < -0.3 is 10.2 Å². The molecule has 0 bridgehead atoms. The molecule has 0 atom stereocenters. The van der Waals surface area contributed by atoms with Crippen LogP contribution in [0.4, 0.5) is 11.6 Å². The van der Waals surface area contributed by atoms with Crippen LogP contribution in [0.3, 0.4) is 0 Å². The minimum absolute atomic E-state index is 0.210. The van der Waals surface area contributed by atoms with Crippen LogP contribution in [0.25, 0.3) is 0 Å². The van der Waals surface area contributed by atoms with E-state index in [-0.39, 0.29) is 5.91 Å². The lowest BCUT2D eigenvalue weighted by molar-refractivity contribution is 0.102. The van der Waals surface area contributed by atoms with Gasteiger partial charge in [0.1, 0.15) is 0 Å². The molecule has 0 aliphatic carbocycles. The second kappa shape index (κ2) is 7.30. The summed E-state index contributed by atoms with van der Waals surface area (Å²) >= 11 is 3.46. The first kappa shape index (κ1) is 16.9. The van der Waals surface area contributed by atoms with E-state index in [1.807, 2.05) is 25.1 Å². The van der Waals surface area contributed by atoms with E-state index in [1.165, 1.54) is 0 Å². The van der Waals surface area contributed by atoms with Gasteiger partial charge in [-0.2, -0.15) is 0 Å². The van der Waals surface area contributed by atoms with Crippen molar-refractivity contribution < 1.29 is 4.79 Å². The number of anilines is 2. The van der Waals surface area contributed by atoms with Crippen LogP contribution in [0, 0.1) is 12.8 Å². The molecule has 24 heavy (non-hydrogen) atoms. The van der Waals surface area contributed by atoms with E-state index < -0.39 is 0 Å². The van der Waals surface area contributed by atoms with E-state index in [0.29, 0.717) is 11.5 Å². The fourth-order valence-corrected chi connectivity index (χ4v) is 3.32. The molecule has 0 radical (unpaired) electrons. The largest absolute Gasteiger partial charge is 0.341 e. The fourth-order valence-electron chi connectivity index (χ4n) is 2.73. The minimum Gasteiger partial charge on any atom is -0.341 e. The summed E-state index contributed by atoms with van der Waals surface area (Å²) in [6.45, 7) is 6.23. The number of nitrogens with one attached hydrogen (secondary N) is 1. The Labute approximate surface area is 150 Å². The van der Waals surface area contributed by atoms with Crippen molar-refractivity contribution in [2.24, 2.45) is 5.92 Å². The monoisotopic (exact) mass is 388 g/mol. The van der Waals surface area contributed by atoms with Gasteiger partial charge in [0.05, 0.1) is 11.3 Å². The molecule has 1 aromatic carbocycles. The number of hydrogen-bond donors (Lipinski definition) is 1. The van der Waals surface area contributed by atoms with Crippen molar-refractivity contribution in [1.29, 1.82) is 0 Å². The number of hydrogen-bond acceptors (Lipinski definition) is 4. The van der Waals surface area contributed by atoms with Crippen molar-refractivity contribution in [3.63, 3.8) is 0 Å². The van der Waals surface area contributed by atoms with Crippen molar-refractivity contribution in [2.75, 3.05) is 23.3 Å². The summed E-state index contributed by atoms with van der Waals surface area (Å²) in [6, 6.07) is 5.80. The number of nitrogens with zero attached hydrogens (tertiary/aromatic N) is 3. The van der Waals surface area contributed by atoms with Crippen molar-refractivity contribution in [1.82, 2.24) is 9.97 Å². The van der Waals surface area contributed by atoms with Crippen LogP contribution in [0.2, 0.25) is 0 Å². The Morgan fingerprint density at radius 3 is 2.54 bits per heavy atom. The van der Waals surface area contributed by atoms with Crippen LogP contribution < -0.4 is 10.2 Å². The van der Waals surface area contributed by atoms with Crippen molar-refractivity contribution >= 4 is 33.5 Å². The average Bonchev–Trinajstić information content (AvgIpc) is 2.58. The second-order valence-corrected chi connectivity index (χ2v) is 7.23. The van der Waals surface area contributed by atoms with Crippen LogP contribution in [0.1, 0.15) is 35.7 Å². The molecule has 1 fully saturated rings. The maximum atomic E-state index is 12.4. The van der Waals surface area contributed by atoms with Crippen LogP contribution in [0.15, 0.2) is 35.1 Å². The number of benzene rings is 1. The number of carbonyl (C=O) groups is 1. The molecule has 0 spiro atoms. The third-order valence-electron chi connectivity index (χ3n) is 4.34. The van der Waals surface area contributed by atoms with Gasteiger partial charge in [-0.3, -0.25) is 4.79 Å². The molecule has 2 heterocycles. The SMILES string of the molecule is Cc1ccc(NC(=O)c2cnc(N3CCC(C)CC3)nc2)c(Br)c1. The Morgan fingerprint density at radius 1 is 1.25 bits per heavy atom. The summed E-state index contributed by atoms with van der Waals surface area (Å²) < 4.78 is 0.857. The molecular weight excluding hydrogens is 368 g/mol. The Kier molecular flexibility index (Phi) is 5.14. The maximum absolute atomic E-state index is 12.4. The highest BCUT2D eigenvalue weighted by Gasteiger charge is 2.18. The third-order valence-corrected chi connectivity index (χ3v) is 5.00. The van der Waals surface area contributed by atoms with Crippen LogP contribution in [0.5, 0.6) is 0 Å². The Bertz CT molecular complexity index is 724. The van der Waals surface area contributed by atoms with Crippen LogP contribution >= 0.6 is 15.9 Å². The maximum Gasteiger partial charge on any atom is 0.258 e. The number of rotatable bonds is 3. The summed E-state index contributed by atoms with van der Waals surface area (Å²) in [7, 11) is 0. The van der Waals surface area contributed by atoms with Gasteiger partial charge >= 0.3 is 0 Å². The summed E-state index contributed by atoms with van der Waals surface area (Å²) in [5.41, 5.74) is 2.32. The van der Waals surface area contributed by atoms with Gasteiger partial charge in [0.15, 0.2) is 0 Å². The molecular formula is C18H21BrN4O. The summed E-state index contributed by atoms with van der Waals surface area (Å²) in [6.07, 6.45) is 5.51. The molecule has 126 valence electrons. The molecule has 1 aliphatic rings. The van der Waals surface area contributed by atoms with Gasteiger partial charge in [0, 0.05) is 30.0 Å². The van der Waals surface area contributed by atoms with Crippen molar-refractivity contribution in [2.45, 2.75) is 26.7 Å². The highest BCUT2D eigenvalue weighted by molar-refractivity contribution is 9.10. The van der Waals surface area contributed by atoms with Crippen LogP contribution in [-0.4, -0.2) is 29.0 Å². The number of aryl methyl sites for hydroxylation is 1. The molecule has 2 aromatic rings. The van der Waals surface area contributed by atoms with Crippen LogP contribution in [-0.2, 0) is 0 Å². The number of halogens is 1. The molecule has 1 aromatic heterocycles. The Morgan fingerprint density at radius 2 is 1.92 bits per heavy atom. The van der Waals surface area contributed by atoms with E-state index in [2.05, 4.69) is 43.0 Å². The molecule has 1 N–H and O–H groups in total. The number of piperidine rings is 1. The average molecular weight is 389 g/mol. The Hall–Kier alpha value is -1.95. The van der Waals surface area contributed by atoms with E-state index in [4.69, 9.17) is 0 Å². The first-order valence-corrected chi connectivity index (χ1v) is 8.97. The first-order chi connectivity index (χ1) is 11.5. The number of amides is 1. The lowest BCUT2D eigenvalue weighted by atomic mass is 10.00. The van der Waals surface area contributed by atoms with E-state index in [1.54, 1.807) is 12.4 Å². The third kappa shape index (κ3) is 3.93. The second-order valence-electron chi connectivity index (χ2n) is 6.38. The molecule has 0 unspecified atom stereocenters.